The maximum absolute atomic E-state index is 2.39. The summed E-state index contributed by atoms with van der Waals surface area (Å²) in [6.07, 6.45) is 0.625. The molecule has 0 aromatic rings. The molecule has 0 N–H and O–H groups in total. The van der Waals surface area contributed by atoms with Crippen LogP contribution < -0.4 is 0 Å². The van der Waals surface area contributed by atoms with E-state index in [2.05, 4.69) is 75.2 Å². The molecule has 0 saturated carbocycles. The van der Waals surface area contributed by atoms with E-state index in [0.717, 1.165) is 6.04 Å². The Morgan fingerprint density at radius 2 is 1.61 bits per heavy atom. The molecule has 1 fully saturated rings. The minimum atomic E-state index is 0.625. The molecule has 0 aromatic carbocycles. The van der Waals surface area contributed by atoms with Gasteiger partial charge < -0.3 is 0 Å². The van der Waals surface area contributed by atoms with Crippen molar-refractivity contribution in [3.8, 4) is 0 Å². The topological polar surface area (TPSA) is 12.7 Å². The third-order valence-electron chi connectivity index (χ3n) is 4.74. The Bertz CT molecular complexity index is 301. The van der Waals surface area contributed by atoms with E-state index in [1.165, 1.54) is 18.9 Å². The average Bonchev–Trinajstić information content (AvgIpc) is 2.66. The molecule has 0 aromatic heterocycles. The maximum Gasteiger partial charge on any atom is 0.243 e. The molecule has 4 nitrogen and oxygen atoms in total. The largest absolute Gasteiger partial charge is 0.290 e. The molecule has 106 valence electrons. The van der Waals surface area contributed by atoms with Crippen LogP contribution in [-0.4, -0.2) is 84.6 Å². The van der Waals surface area contributed by atoms with Crippen LogP contribution in [0.5, 0.6) is 0 Å². The van der Waals surface area contributed by atoms with Gasteiger partial charge in [-0.1, -0.05) is 0 Å². The second-order valence-electron chi connectivity index (χ2n) is 5.97. The number of nitrogens with zero attached hydrogens (tertiary/aromatic N) is 4. The Labute approximate surface area is 113 Å². The van der Waals surface area contributed by atoms with Gasteiger partial charge in [0.1, 0.15) is 12.6 Å². The molecule has 0 aliphatic carbocycles. The second kappa shape index (κ2) is 6.02. The van der Waals surface area contributed by atoms with Crippen LogP contribution in [0.2, 0.25) is 0 Å². The van der Waals surface area contributed by atoms with Crippen LogP contribution in [0.3, 0.4) is 0 Å². The Morgan fingerprint density at radius 1 is 1.06 bits per heavy atom. The van der Waals surface area contributed by atoms with Crippen LogP contribution in [-0.2, 0) is 0 Å². The Balaban J connectivity index is 0.000000180. The molecule has 2 aliphatic heterocycles. The van der Waals surface area contributed by atoms with E-state index in [4.69, 9.17) is 0 Å². The van der Waals surface area contributed by atoms with Crippen molar-refractivity contribution in [2.45, 2.75) is 45.9 Å². The Hall–Kier alpha value is -0.610. The van der Waals surface area contributed by atoms with Gasteiger partial charge >= 0.3 is 0 Å². The number of rotatable bonds is 0. The summed E-state index contributed by atoms with van der Waals surface area (Å²) in [6.45, 7) is 11.3. The molecular formula is C14H31N4+. The predicted molar refractivity (Wildman–Crippen MR) is 78.3 cm³/mol. The predicted octanol–water partition coefficient (Wildman–Crippen LogP) is 0.979. The van der Waals surface area contributed by atoms with Gasteiger partial charge in [-0.2, -0.15) is 0 Å². The summed E-state index contributed by atoms with van der Waals surface area (Å²) in [5, 5.41) is 0. The standard InChI is InChI=1S/C7H16N2.C7H15N2/c2*1-6-5-8(3)7(2)9(6)4/h6-7H,5H2,1-4H3;6H,5H2,1-4H3/q;+1. The van der Waals surface area contributed by atoms with Crippen molar-refractivity contribution in [2.24, 2.45) is 0 Å². The van der Waals surface area contributed by atoms with Gasteiger partial charge in [0.15, 0.2) is 0 Å². The SMILES string of the molecule is CC1=[N+](C)CC(C)N1C.CC1CN(C)C(C)N1C. The lowest BCUT2D eigenvalue weighted by Crippen LogP contribution is -2.32. The van der Waals surface area contributed by atoms with Crippen LogP contribution in [0.25, 0.3) is 0 Å². The zero-order valence-electron chi connectivity index (χ0n) is 13.4. The summed E-state index contributed by atoms with van der Waals surface area (Å²) >= 11 is 0. The molecule has 0 bridgehead atoms. The van der Waals surface area contributed by atoms with Gasteiger partial charge in [-0.3, -0.25) is 19.3 Å². The molecule has 2 aliphatic rings. The highest BCUT2D eigenvalue weighted by atomic mass is 15.4. The molecule has 0 amide bonds. The maximum atomic E-state index is 2.39. The number of hydrogen-bond donors (Lipinski definition) is 0. The number of hydrogen-bond acceptors (Lipinski definition) is 3. The normalized spacial score (nSPS) is 34.0. The lowest BCUT2D eigenvalue weighted by atomic mass is 10.3. The molecule has 4 heteroatoms. The molecule has 0 spiro atoms. The molecule has 1 saturated heterocycles. The van der Waals surface area contributed by atoms with Gasteiger partial charge in [0.05, 0.1) is 20.3 Å². The summed E-state index contributed by atoms with van der Waals surface area (Å²) in [5.41, 5.74) is 0. The summed E-state index contributed by atoms with van der Waals surface area (Å²) < 4.78 is 2.28. The first-order valence-corrected chi connectivity index (χ1v) is 6.95. The van der Waals surface area contributed by atoms with Gasteiger partial charge in [-0.15, -0.1) is 0 Å². The van der Waals surface area contributed by atoms with Gasteiger partial charge in [0, 0.05) is 19.5 Å². The molecule has 2 heterocycles. The van der Waals surface area contributed by atoms with Crippen LogP contribution in [0, 0.1) is 0 Å². The highest BCUT2D eigenvalue weighted by Gasteiger charge is 2.28. The Kier molecular flexibility index (Phi) is 5.17. The van der Waals surface area contributed by atoms with Crippen molar-refractivity contribution in [2.75, 3.05) is 41.3 Å². The van der Waals surface area contributed by atoms with E-state index in [1.807, 2.05) is 0 Å². The van der Waals surface area contributed by atoms with E-state index in [9.17, 15) is 0 Å². The lowest BCUT2D eigenvalue weighted by molar-refractivity contribution is -0.490. The third kappa shape index (κ3) is 3.23. The Morgan fingerprint density at radius 3 is 1.72 bits per heavy atom. The zero-order chi connectivity index (χ0) is 14.0. The van der Waals surface area contributed by atoms with Gasteiger partial charge in [0.2, 0.25) is 5.84 Å². The molecule has 3 unspecified atom stereocenters. The molecule has 0 radical (unpaired) electrons. The van der Waals surface area contributed by atoms with E-state index >= 15 is 0 Å². The highest BCUT2D eigenvalue weighted by Crippen LogP contribution is 2.14. The van der Waals surface area contributed by atoms with Crippen molar-refractivity contribution in [3.63, 3.8) is 0 Å². The lowest BCUT2D eigenvalue weighted by Gasteiger charge is -2.21. The van der Waals surface area contributed by atoms with E-state index in [-0.39, 0.29) is 0 Å². The minimum absolute atomic E-state index is 0.625. The van der Waals surface area contributed by atoms with Crippen LogP contribution >= 0.6 is 0 Å². The van der Waals surface area contributed by atoms with Gasteiger partial charge in [-0.25, -0.2) is 0 Å². The van der Waals surface area contributed by atoms with Crippen molar-refractivity contribution in [1.82, 2.24) is 14.7 Å². The zero-order valence-corrected chi connectivity index (χ0v) is 13.4. The summed E-state index contributed by atoms with van der Waals surface area (Å²) in [5.74, 6) is 1.38. The number of likely N-dealkylation sites (N-methyl/N-ethyl adjacent to an activating group) is 4. The van der Waals surface area contributed by atoms with Crippen molar-refractivity contribution in [1.29, 1.82) is 0 Å². The van der Waals surface area contributed by atoms with E-state index < -0.39 is 0 Å². The first-order chi connectivity index (χ1) is 8.25. The van der Waals surface area contributed by atoms with Crippen molar-refractivity contribution in [3.05, 3.63) is 0 Å². The summed E-state index contributed by atoms with van der Waals surface area (Å²) in [7, 11) is 8.63. The van der Waals surface area contributed by atoms with E-state index in [1.54, 1.807) is 0 Å². The summed E-state index contributed by atoms with van der Waals surface area (Å²) in [4.78, 5) is 7.06. The molecule has 2 rings (SSSR count). The summed E-state index contributed by atoms with van der Waals surface area (Å²) in [6, 6.07) is 1.42. The van der Waals surface area contributed by atoms with Crippen LogP contribution in [0.15, 0.2) is 0 Å². The number of amidine groups is 1. The van der Waals surface area contributed by atoms with Gasteiger partial charge in [0.25, 0.3) is 0 Å². The first-order valence-electron chi connectivity index (χ1n) is 6.95. The minimum Gasteiger partial charge on any atom is -0.290 e. The smallest absolute Gasteiger partial charge is 0.243 e. The highest BCUT2D eigenvalue weighted by molar-refractivity contribution is 5.75. The van der Waals surface area contributed by atoms with Crippen molar-refractivity contribution < 1.29 is 4.58 Å². The van der Waals surface area contributed by atoms with E-state index in [0.29, 0.717) is 12.2 Å². The van der Waals surface area contributed by atoms with Crippen LogP contribution in [0.4, 0.5) is 0 Å². The monoisotopic (exact) mass is 255 g/mol. The fourth-order valence-electron chi connectivity index (χ4n) is 2.62. The average molecular weight is 255 g/mol. The molecule has 3 atom stereocenters. The van der Waals surface area contributed by atoms with Crippen molar-refractivity contribution >= 4 is 5.84 Å². The molecule has 18 heavy (non-hydrogen) atoms. The first kappa shape index (κ1) is 15.4. The molecular weight excluding hydrogens is 224 g/mol. The van der Waals surface area contributed by atoms with Gasteiger partial charge in [-0.05, 0) is 34.9 Å². The quantitative estimate of drug-likeness (QED) is 0.599. The fraction of sp³-hybridized carbons (Fsp3) is 0.929. The second-order valence-corrected chi connectivity index (χ2v) is 5.97. The third-order valence-corrected chi connectivity index (χ3v) is 4.74. The van der Waals surface area contributed by atoms with Crippen LogP contribution in [0.1, 0.15) is 27.7 Å². The fourth-order valence-corrected chi connectivity index (χ4v) is 2.62.